The van der Waals surface area contributed by atoms with Crippen molar-refractivity contribution < 1.29 is 38.9 Å². The Labute approximate surface area is 85.3 Å². The summed E-state index contributed by atoms with van der Waals surface area (Å²) in [6.45, 7) is 1.37. The average molecular weight is 244 g/mol. The first-order valence-corrected chi connectivity index (χ1v) is 5.69. The monoisotopic (exact) mass is 244 g/mol. The molecule has 15 heavy (non-hydrogen) atoms. The maximum Gasteiger partial charge on any atom is 0.472 e. The van der Waals surface area contributed by atoms with Crippen molar-refractivity contribution in [1.29, 1.82) is 0 Å². The van der Waals surface area contributed by atoms with E-state index in [1.807, 2.05) is 0 Å². The summed E-state index contributed by atoms with van der Waals surface area (Å²) in [4.78, 5) is 17.0. The van der Waals surface area contributed by atoms with Gasteiger partial charge in [-0.05, 0) is 6.92 Å². The smallest absolute Gasteiger partial charge is 0.388 e. The van der Waals surface area contributed by atoms with Crippen molar-refractivity contribution in [1.82, 2.24) is 0 Å². The lowest BCUT2D eigenvalue weighted by atomic mass is 10.0. The zero-order valence-electron chi connectivity index (χ0n) is 7.79. The highest BCUT2D eigenvalue weighted by atomic mass is 31.2. The van der Waals surface area contributed by atoms with Gasteiger partial charge in [-0.2, -0.15) is 0 Å². The number of phosphoric ester groups is 1. The second kappa shape index (κ2) is 4.44. The summed E-state index contributed by atoms with van der Waals surface area (Å²) >= 11 is 0. The summed E-state index contributed by atoms with van der Waals surface area (Å²) in [5.74, 6) is 0. The van der Waals surface area contributed by atoms with Crippen LogP contribution in [0, 0.1) is 0 Å². The molecule has 1 aliphatic rings. The number of hydrogen-bond donors (Lipinski definition) is 5. The number of aliphatic hydroxyl groups is 3. The lowest BCUT2D eigenvalue weighted by Gasteiger charge is -2.38. The molecule has 0 aromatic rings. The summed E-state index contributed by atoms with van der Waals surface area (Å²) in [7, 11) is -4.82. The fraction of sp³-hybridized carbons (Fsp3) is 1.00. The Morgan fingerprint density at radius 2 is 1.67 bits per heavy atom. The van der Waals surface area contributed by atoms with Gasteiger partial charge in [0, 0.05) is 0 Å². The van der Waals surface area contributed by atoms with E-state index in [4.69, 9.17) is 14.5 Å². The van der Waals surface area contributed by atoms with Crippen LogP contribution in [0.3, 0.4) is 0 Å². The van der Waals surface area contributed by atoms with E-state index < -0.39 is 38.5 Å². The molecule has 0 radical (unpaired) electrons. The summed E-state index contributed by atoms with van der Waals surface area (Å²) in [5, 5.41) is 27.8. The zero-order chi connectivity index (χ0) is 11.8. The van der Waals surface area contributed by atoms with Crippen molar-refractivity contribution in [3.63, 3.8) is 0 Å². The highest BCUT2D eigenvalue weighted by Gasteiger charge is 2.44. The number of aliphatic hydroxyl groups excluding tert-OH is 3. The van der Waals surface area contributed by atoms with E-state index in [9.17, 15) is 19.9 Å². The molecule has 5 atom stereocenters. The Morgan fingerprint density at radius 1 is 1.13 bits per heavy atom. The molecule has 90 valence electrons. The van der Waals surface area contributed by atoms with Gasteiger partial charge in [0.2, 0.25) is 0 Å². The van der Waals surface area contributed by atoms with Gasteiger partial charge in [-0.1, -0.05) is 0 Å². The molecule has 1 unspecified atom stereocenters. The second-order valence-electron chi connectivity index (χ2n) is 3.28. The van der Waals surface area contributed by atoms with Crippen LogP contribution in [0.4, 0.5) is 0 Å². The van der Waals surface area contributed by atoms with Gasteiger partial charge in [0.05, 0.1) is 6.10 Å². The van der Waals surface area contributed by atoms with Gasteiger partial charge in [0.25, 0.3) is 0 Å². The Morgan fingerprint density at radius 3 is 2.13 bits per heavy atom. The van der Waals surface area contributed by atoms with Crippen LogP contribution in [0.1, 0.15) is 6.92 Å². The summed E-state index contributed by atoms with van der Waals surface area (Å²) in [5.41, 5.74) is 0. The minimum Gasteiger partial charge on any atom is -0.388 e. The Kier molecular flexibility index (Phi) is 3.85. The first kappa shape index (κ1) is 13.0. The van der Waals surface area contributed by atoms with E-state index >= 15 is 0 Å². The van der Waals surface area contributed by atoms with Crippen LogP contribution in [-0.4, -0.2) is 55.8 Å². The first-order valence-electron chi connectivity index (χ1n) is 4.16. The fourth-order valence-corrected chi connectivity index (χ4v) is 1.68. The van der Waals surface area contributed by atoms with Gasteiger partial charge in [0.15, 0.2) is 6.29 Å². The van der Waals surface area contributed by atoms with Crippen LogP contribution in [0.5, 0.6) is 0 Å². The van der Waals surface area contributed by atoms with Crippen molar-refractivity contribution in [3.05, 3.63) is 0 Å². The largest absolute Gasteiger partial charge is 0.472 e. The van der Waals surface area contributed by atoms with Gasteiger partial charge in [-0.15, -0.1) is 0 Å². The van der Waals surface area contributed by atoms with E-state index in [2.05, 4.69) is 4.52 Å². The molecule has 0 aromatic heterocycles. The van der Waals surface area contributed by atoms with Crippen LogP contribution < -0.4 is 0 Å². The van der Waals surface area contributed by atoms with Crippen molar-refractivity contribution in [2.75, 3.05) is 0 Å². The summed E-state index contributed by atoms with van der Waals surface area (Å²) in [6.07, 6.45) is -7.20. The third kappa shape index (κ3) is 3.20. The average Bonchev–Trinajstić information content (AvgIpc) is 2.08. The van der Waals surface area contributed by atoms with E-state index in [1.165, 1.54) is 6.92 Å². The zero-order valence-corrected chi connectivity index (χ0v) is 8.69. The molecule has 5 N–H and O–H groups in total. The molecule has 0 aliphatic carbocycles. The molecule has 1 aliphatic heterocycles. The van der Waals surface area contributed by atoms with Crippen LogP contribution in [0.25, 0.3) is 0 Å². The number of ether oxygens (including phenoxy) is 1. The highest BCUT2D eigenvalue weighted by molar-refractivity contribution is 7.46. The molecule has 0 amide bonds. The molecular weight excluding hydrogens is 231 g/mol. The normalized spacial score (nSPS) is 42.9. The first-order chi connectivity index (χ1) is 6.72. The minimum absolute atomic E-state index is 0.903. The van der Waals surface area contributed by atoms with Crippen molar-refractivity contribution in [3.8, 4) is 0 Å². The van der Waals surface area contributed by atoms with Crippen LogP contribution in [-0.2, 0) is 13.8 Å². The fourth-order valence-electron chi connectivity index (χ4n) is 1.24. The highest BCUT2D eigenvalue weighted by Crippen LogP contribution is 2.40. The number of rotatable bonds is 2. The third-order valence-electron chi connectivity index (χ3n) is 2.05. The molecule has 1 rings (SSSR count). The topological polar surface area (TPSA) is 137 Å². The summed E-state index contributed by atoms with van der Waals surface area (Å²) in [6, 6.07) is 0. The maximum atomic E-state index is 10.5. The van der Waals surface area contributed by atoms with E-state index in [0.717, 1.165) is 0 Å². The van der Waals surface area contributed by atoms with E-state index in [1.54, 1.807) is 0 Å². The van der Waals surface area contributed by atoms with Crippen LogP contribution >= 0.6 is 7.82 Å². The van der Waals surface area contributed by atoms with Gasteiger partial charge in [-0.3, -0.25) is 4.52 Å². The van der Waals surface area contributed by atoms with Gasteiger partial charge in [-0.25, -0.2) is 4.57 Å². The molecule has 0 saturated carbocycles. The van der Waals surface area contributed by atoms with Gasteiger partial charge < -0.3 is 29.8 Å². The molecule has 0 spiro atoms. The standard InChI is InChI=1S/C6H13O8P/c1-2-3(7)4(8)5(9)6(13-2)14-15(10,11)12/h2-9H,1H3,(H2,10,11,12)/t2-,3-,4+,5+,6?/m1/s1. The number of phosphoric acid groups is 1. The Bertz CT molecular complexity index is 264. The maximum absolute atomic E-state index is 10.5. The van der Waals surface area contributed by atoms with E-state index in [-0.39, 0.29) is 0 Å². The van der Waals surface area contributed by atoms with Gasteiger partial charge in [0.1, 0.15) is 18.3 Å². The van der Waals surface area contributed by atoms with Crippen molar-refractivity contribution >= 4 is 7.82 Å². The van der Waals surface area contributed by atoms with E-state index in [0.29, 0.717) is 0 Å². The van der Waals surface area contributed by atoms with Crippen molar-refractivity contribution in [2.24, 2.45) is 0 Å². The molecule has 1 saturated heterocycles. The molecule has 1 heterocycles. The van der Waals surface area contributed by atoms with Gasteiger partial charge >= 0.3 is 7.82 Å². The minimum atomic E-state index is -4.82. The Hall–Kier alpha value is -0.0500. The quantitative estimate of drug-likeness (QED) is 0.349. The molecule has 8 nitrogen and oxygen atoms in total. The number of hydrogen-bond acceptors (Lipinski definition) is 6. The molecule has 0 aromatic carbocycles. The molecule has 1 fully saturated rings. The summed E-state index contributed by atoms with van der Waals surface area (Å²) < 4.78 is 19.4. The lowest BCUT2D eigenvalue weighted by Crippen LogP contribution is -2.57. The molecule has 9 heteroatoms. The lowest BCUT2D eigenvalue weighted by molar-refractivity contribution is -0.271. The molecular formula is C6H13O8P. The predicted molar refractivity (Wildman–Crippen MR) is 45.5 cm³/mol. The molecule has 0 bridgehead atoms. The van der Waals surface area contributed by atoms with Crippen LogP contribution in [0.15, 0.2) is 0 Å². The third-order valence-corrected chi connectivity index (χ3v) is 2.53. The van der Waals surface area contributed by atoms with Crippen LogP contribution in [0.2, 0.25) is 0 Å². The predicted octanol–water partition coefficient (Wildman–Crippen LogP) is -2.08. The van der Waals surface area contributed by atoms with Crippen molar-refractivity contribution in [2.45, 2.75) is 37.6 Å². The Balaban J connectivity index is 2.71. The SMILES string of the molecule is C[C@H]1OC(OP(=O)(O)O)[C@@H](O)[C@@H](O)[C@@H]1O. The second-order valence-corrected chi connectivity index (χ2v) is 4.47.